The molecule has 0 radical (unpaired) electrons. The summed E-state index contributed by atoms with van der Waals surface area (Å²) < 4.78 is 0. The largest absolute Gasteiger partial charge is 0.395 e. The number of nitrogens with zero attached hydrogens (tertiary/aromatic N) is 1. The first-order chi connectivity index (χ1) is 10.2. The first-order valence-corrected chi connectivity index (χ1v) is 6.63. The molecule has 0 fully saturated rings. The van der Waals surface area contributed by atoms with Gasteiger partial charge in [0, 0.05) is 23.2 Å². The highest BCUT2D eigenvalue weighted by molar-refractivity contribution is 6.04. The Labute approximate surface area is 123 Å². The van der Waals surface area contributed by atoms with Gasteiger partial charge in [-0.1, -0.05) is 11.8 Å². The minimum atomic E-state index is -0.185. The van der Waals surface area contributed by atoms with Crippen LogP contribution in [0, 0.1) is 18.8 Å². The van der Waals surface area contributed by atoms with Gasteiger partial charge in [-0.25, -0.2) is 0 Å². The summed E-state index contributed by atoms with van der Waals surface area (Å²) in [7, 11) is 0. The number of aromatic nitrogens is 1. The molecule has 0 unspecified atom stereocenters. The van der Waals surface area contributed by atoms with E-state index in [0.29, 0.717) is 17.7 Å². The summed E-state index contributed by atoms with van der Waals surface area (Å²) in [5.41, 5.74) is 2.94. The Balaban J connectivity index is 2.03. The van der Waals surface area contributed by atoms with Gasteiger partial charge in [-0.05, 0) is 43.3 Å². The van der Waals surface area contributed by atoms with Crippen molar-refractivity contribution in [2.45, 2.75) is 13.3 Å². The average Bonchev–Trinajstić information content (AvgIpc) is 2.50. The van der Waals surface area contributed by atoms with E-state index < -0.39 is 0 Å². The molecule has 1 aromatic carbocycles. The average molecular weight is 280 g/mol. The Morgan fingerprint density at radius 3 is 2.62 bits per heavy atom. The van der Waals surface area contributed by atoms with E-state index in [1.54, 1.807) is 30.5 Å². The van der Waals surface area contributed by atoms with Gasteiger partial charge in [0.15, 0.2) is 0 Å². The number of pyridine rings is 1. The van der Waals surface area contributed by atoms with E-state index in [9.17, 15) is 4.79 Å². The second-order valence-corrected chi connectivity index (χ2v) is 4.50. The zero-order valence-electron chi connectivity index (χ0n) is 11.8. The molecule has 1 aromatic heterocycles. The highest BCUT2D eigenvalue weighted by Crippen LogP contribution is 2.09. The summed E-state index contributed by atoms with van der Waals surface area (Å²) in [5.74, 6) is 5.57. The highest BCUT2D eigenvalue weighted by atomic mass is 16.2. The molecule has 0 aliphatic carbocycles. The van der Waals surface area contributed by atoms with Crippen molar-refractivity contribution in [3.8, 4) is 11.8 Å². The van der Waals surface area contributed by atoms with Crippen LogP contribution in [-0.4, -0.2) is 22.6 Å². The number of carbonyl (C=O) groups excluding carboxylic acids is 1. The topological polar surface area (TPSA) is 62.2 Å². The van der Waals surface area contributed by atoms with E-state index >= 15 is 0 Å². The zero-order chi connectivity index (χ0) is 15.1. The fourth-order valence-corrected chi connectivity index (χ4v) is 1.67. The van der Waals surface area contributed by atoms with Crippen molar-refractivity contribution < 1.29 is 9.90 Å². The maximum absolute atomic E-state index is 12.1. The molecule has 106 valence electrons. The zero-order valence-corrected chi connectivity index (χ0v) is 11.8. The number of nitrogens with one attached hydrogen (secondary N) is 1. The first-order valence-electron chi connectivity index (χ1n) is 6.63. The number of amides is 1. The van der Waals surface area contributed by atoms with Gasteiger partial charge in [-0.15, -0.1) is 0 Å². The van der Waals surface area contributed by atoms with Crippen molar-refractivity contribution in [2.75, 3.05) is 11.9 Å². The van der Waals surface area contributed by atoms with E-state index in [1.807, 2.05) is 19.1 Å². The van der Waals surface area contributed by atoms with Crippen LogP contribution in [0.2, 0.25) is 0 Å². The van der Waals surface area contributed by atoms with E-state index in [2.05, 4.69) is 22.1 Å². The van der Waals surface area contributed by atoms with Crippen molar-refractivity contribution in [3.63, 3.8) is 0 Å². The van der Waals surface area contributed by atoms with Crippen molar-refractivity contribution in [1.29, 1.82) is 0 Å². The molecule has 1 heterocycles. The maximum atomic E-state index is 12.1. The van der Waals surface area contributed by atoms with Crippen LogP contribution < -0.4 is 5.32 Å². The Hall–Kier alpha value is -2.64. The summed E-state index contributed by atoms with van der Waals surface area (Å²) >= 11 is 0. The third-order valence-electron chi connectivity index (χ3n) is 2.79. The molecule has 0 atom stereocenters. The molecule has 0 aliphatic heterocycles. The van der Waals surface area contributed by atoms with Crippen molar-refractivity contribution >= 4 is 11.6 Å². The second kappa shape index (κ2) is 7.22. The summed E-state index contributed by atoms with van der Waals surface area (Å²) in [6.45, 7) is 1.94. The lowest BCUT2D eigenvalue weighted by atomic mass is 10.1. The van der Waals surface area contributed by atoms with E-state index in [-0.39, 0.29) is 12.5 Å². The van der Waals surface area contributed by atoms with Crippen LogP contribution in [0.1, 0.15) is 28.0 Å². The van der Waals surface area contributed by atoms with E-state index in [1.165, 1.54) is 0 Å². The Bertz CT molecular complexity index is 665. The van der Waals surface area contributed by atoms with Gasteiger partial charge in [-0.3, -0.25) is 9.78 Å². The minimum Gasteiger partial charge on any atom is -0.395 e. The van der Waals surface area contributed by atoms with Crippen molar-refractivity contribution in [1.82, 2.24) is 4.98 Å². The molecule has 2 aromatic rings. The molecule has 4 heteroatoms. The number of anilines is 1. The van der Waals surface area contributed by atoms with Gasteiger partial charge in [0.05, 0.1) is 18.5 Å². The number of hydrogen-bond acceptors (Lipinski definition) is 3. The fraction of sp³-hybridized carbons (Fsp3) is 0.176. The van der Waals surface area contributed by atoms with Crippen molar-refractivity contribution in [3.05, 3.63) is 59.4 Å². The molecule has 0 spiro atoms. The summed E-state index contributed by atoms with van der Waals surface area (Å²) in [4.78, 5) is 16.2. The molecular formula is C17H16N2O2. The quantitative estimate of drug-likeness (QED) is 0.849. The Morgan fingerprint density at radius 1 is 1.24 bits per heavy atom. The van der Waals surface area contributed by atoms with Crippen LogP contribution in [0.4, 0.5) is 5.69 Å². The number of benzene rings is 1. The number of hydrogen-bond donors (Lipinski definition) is 2. The number of aryl methyl sites for hydroxylation is 1. The molecule has 0 saturated heterocycles. The lowest BCUT2D eigenvalue weighted by molar-refractivity contribution is 0.102. The third kappa shape index (κ3) is 4.44. The Morgan fingerprint density at radius 2 is 2.00 bits per heavy atom. The molecule has 0 saturated carbocycles. The minimum absolute atomic E-state index is 0.0536. The van der Waals surface area contributed by atoms with Gasteiger partial charge >= 0.3 is 0 Å². The molecule has 21 heavy (non-hydrogen) atoms. The van der Waals surface area contributed by atoms with E-state index in [4.69, 9.17) is 5.11 Å². The number of aliphatic hydroxyl groups excluding tert-OH is 1. The molecular weight excluding hydrogens is 264 g/mol. The third-order valence-corrected chi connectivity index (χ3v) is 2.79. The number of aliphatic hydroxyl groups is 1. The summed E-state index contributed by atoms with van der Waals surface area (Å²) in [6.07, 6.45) is 2.07. The normalized spacial score (nSPS) is 9.62. The smallest absolute Gasteiger partial charge is 0.255 e. The summed E-state index contributed by atoms with van der Waals surface area (Å²) in [5, 5.41) is 11.4. The van der Waals surface area contributed by atoms with Crippen molar-refractivity contribution in [2.24, 2.45) is 0 Å². The lowest BCUT2D eigenvalue weighted by Gasteiger charge is -2.05. The lowest BCUT2D eigenvalue weighted by Crippen LogP contribution is -2.11. The predicted molar refractivity (Wildman–Crippen MR) is 82.0 cm³/mol. The maximum Gasteiger partial charge on any atom is 0.255 e. The van der Waals surface area contributed by atoms with E-state index in [0.717, 1.165) is 11.3 Å². The molecule has 0 aliphatic rings. The fourth-order valence-electron chi connectivity index (χ4n) is 1.67. The molecule has 1 amide bonds. The van der Waals surface area contributed by atoms with Gasteiger partial charge in [-0.2, -0.15) is 0 Å². The molecule has 4 nitrogen and oxygen atoms in total. The monoisotopic (exact) mass is 280 g/mol. The Kier molecular flexibility index (Phi) is 5.08. The predicted octanol–water partition coefficient (Wildman–Crippen LogP) is 2.38. The van der Waals surface area contributed by atoms with Crippen LogP contribution >= 0.6 is 0 Å². The molecule has 2 N–H and O–H groups in total. The second-order valence-electron chi connectivity index (χ2n) is 4.50. The number of carbonyl (C=O) groups is 1. The van der Waals surface area contributed by atoms with Crippen LogP contribution in [0.3, 0.4) is 0 Å². The SMILES string of the molecule is Cc1ccc(NC(=O)c2ccc(C#CCCO)cc2)cn1. The van der Waals surface area contributed by atoms with Crippen LogP contribution in [-0.2, 0) is 0 Å². The van der Waals surface area contributed by atoms with Crippen LogP contribution in [0.15, 0.2) is 42.6 Å². The van der Waals surface area contributed by atoms with Gasteiger partial charge < -0.3 is 10.4 Å². The van der Waals surface area contributed by atoms with Gasteiger partial charge in [0.25, 0.3) is 5.91 Å². The highest BCUT2D eigenvalue weighted by Gasteiger charge is 2.05. The van der Waals surface area contributed by atoms with Crippen LogP contribution in [0.25, 0.3) is 0 Å². The molecule has 2 rings (SSSR count). The number of rotatable bonds is 3. The first kappa shape index (κ1) is 14.8. The van der Waals surface area contributed by atoms with Gasteiger partial charge in [0.1, 0.15) is 0 Å². The molecule has 0 bridgehead atoms. The standard InChI is InChI=1S/C17H16N2O2/c1-13-5-10-16(12-18-13)19-17(21)15-8-6-14(7-9-15)4-2-3-11-20/h5-10,12,20H,3,11H2,1H3,(H,19,21). The summed E-state index contributed by atoms with van der Waals surface area (Å²) in [6, 6.07) is 10.7. The van der Waals surface area contributed by atoms with Crippen LogP contribution in [0.5, 0.6) is 0 Å². The van der Waals surface area contributed by atoms with Gasteiger partial charge in [0.2, 0.25) is 0 Å².